The quantitative estimate of drug-likeness (QED) is 0.482. The summed E-state index contributed by atoms with van der Waals surface area (Å²) in [6, 6.07) is 0. The first-order valence-electron chi connectivity index (χ1n) is 8.99. The smallest absolute Gasteiger partial charge is 0.329 e. The van der Waals surface area contributed by atoms with Gasteiger partial charge in [-0.15, -0.1) is 0 Å². The molecule has 0 aliphatic carbocycles. The lowest BCUT2D eigenvalue weighted by molar-refractivity contribution is -0.136. The molecular formula is C17H26N4O4S. The van der Waals surface area contributed by atoms with E-state index in [9.17, 15) is 19.5 Å². The summed E-state index contributed by atoms with van der Waals surface area (Å²) in [5.74, 6) is -0.915. The lowest BCUT2D eigenvalue weighted by atomic mass is 10.1. The summed E-state index contributed by atoms with van der Waals surface area (Å²) < 4.78 is 3.05. The van der Waals surface area contributed by atoms with Crippen molar-refractivity contribution < 1.29 is 9.90 Å². The van der Waals surface area contributed by atoms with E-state index >= 15 is 0 Å². The van der Waals surface area contributed by atoms with Gasteiger partial charge in [0.1, 0.15) is 5.25 Å². The van der Waals surface area contributed by atoms with Crippen LogP contribution in [0.1, 0.15) is 52.4 Å². The molecule has 144 valence electrons. The molecule has 0 fully saturated rings. The van der Waals surface area contributed by atoms with E-state index in [-0.39, 0.29) is 5.65 Å². The second-order valence-electron chi connectivity index (χ2n) is 6.30. The third-order valence-electron chi connectivity index (χ3n) is 4.35. The maximum atomic E-state index is 12.4. The van der Waals surface area contributed by atoms with Crippen molar-refractivity contribution in [3.8, 4) is 0 Å². The van der Waals surface area contributed by atoms with Gasteiger partial charge in [0, 0.05) is 13.6 Å². The molecule has 0 saturated carbocycles. The van der Waals surface area contributed by atoms with Crippen LogP contribution in [0.25, 0.3) is 11.2 Å². The zero-order valence-corrected chi connectivity index (χ0v) is 16.3. The molecule has 1 unspecified atom stereocenters. The van der Waals surface area contributed by atoms with Crippen molar-refractivity contribution in [2.75, 3.05) is 0 Å². The van der Waals surface area contributed by atoms with Gasteiger partial charge in [0.2, 0.25) is 0 Å². The van der Waals surface area contributed by atoms with Crippen LogP contribution >= 0.6 is 11.8 Å². The molecule has 9 heteroatoms. The molecule has 2 aromatic heterocycles. The van der Waals surface area contributed by atoms with Gasteiger partial charge >= 0.3 is 11.7 Å². The molecule has 2 N–H and O–H groups in total. The summed E-state index contributed by atoms with van der Waals surface area (Å²) in [6.45, 7) is 4.51. The largest absolute Gasteiger partial charge is 0.480 e. The van der Waals surface area contributed by atoms with Crippen LogP contribution in [0.5, 0.6) is 0 Å². The van der Waals surface area contributed by atoms with Crippen molar-refractivity contribution in [1.29, 1.82) is 0 Å². The monoisotopic (exact) mass is 382 g/mol. The van der Waals surface area contributed by atoms with Crippen LogP contribution in [0.4, 0.5) is 0 Å². The van der Waals surface area contributed by atoms with E-state index in [2.05, 4.69) is 16.9 Å². The van der Waals surface area contributed by atoms with E-state index < -0.39 is 22.5 Å². The first-order valence-corrected chi connectivity index (χ1v) is 9.87. The van der Waals surface area contributed by atoms with E-state index in [4.69, 9.17) is 0 Å². The fraction of sp³-hybridized carbons (Fsp3) is 0.647. The molecule has 0 radical (unpaired) electrons. The van der Waals surface area contributed by atoms with Crippen molar-refractivity contribution in [2.45, 2.75) is 69.3 Å². The molecule has 8 nitrogen and oxygen atoms in total. The van der Waals surface area contributed by atoms with Gasteiger partial charge in [0.05, 0.1) is 0 Å². The summed E-state index contributed by atoms with van der Waals surface area (Å²) >= 11 is 1.12. The minimum Gasteiger partial charge on any atom is -0.480 e. The number of fused-ring (bicyclic) bond motifs is 1. The molecule has 2 heterocycles. The molecule has 2 rings (SSSR count). The highest BCUT2D eigenvalue weighted by atomic mass is 32.2. The molecule has 1 atom stereocenters. The molecule has 0 aromatic carbocycles. The van der Waals surface area contributed by atoms with Crippen LogP contribution in [-0.2, 0) is 18.4 Å². The average Bonchev–Trinajstić information content (AvgIpc) is 2.96. The molecule has 0 aliphatic heterocycles. The highest BCUT2D eigenvalue weighted by Crippen LogP contribution is 2.27. The number of nitrogens with zero attached hydrogens (tertiary/aromatic N) is 3. The Morgan fingerprint density at radius 3 is 2.54 bits per heavy atom. The molecule has 0 bridgehead atoms. The van der Waals surface area contributed by atoms with Gasteiger partial charge in [0.15, 0.2) is 16.3 Å². The molecule has 0 spiro atoms. The Bertz CT molecular complexity index is 883. The molecule has 0 saturated heterocycles. The molecule has 0 amide bonds. The number of thioether (sulfide) groups is 1. The Balaban J connectivity index is 2.44. The second-order valence-corrected chi connectivity index (χ2v) is 7.47. The van der Waals surface area contributed by atoms with Crippen LogP contribution in [0, 0.1) is 0 Å². The summed E-state index contributed by atoms with van der Waals surface area (Å²) in [6.07, 6.45) is 5.76. The Labute approximate surface area is 155 Å². The van der Waals surface area contributed by atoms with Crippen LogP contribution in [0.3, 0.4) is 0 Å². The number of aromatic amines is 1. The number of hydrogen-bond donors (Lipinski definition) is 2. The minimum absolute atomic E-state index is 0.287. The number of rotatable bonds is 10. The van der Waals surface area contributed by atoms with Gasteiger partial charge in [0.25, 0.3) is 5.56 Å². The van der Waals surface area contributed by atoms with E-state index in [0.717, 1.165) is 43.9 Å². The summed E-state index contributed by atoms with van der Waals surface area (Å²) in [5.41, 5.74) is -0.406. The topological polar surface area (TPSA) is 110 Å². The number of aromatic nitrogens is 4. The lowest BCUT2D eigenvalue weighted by Gasteiger charge is -2.11. The Morgan fingerprint density at radius 2 is 1.92 bits per heavy atom. The van der Waals surface area contributed by atoms with Crippen molar-refractivity contribution in [3.05, 3.63) is 20.8 Å². The third kappa shape index (κ3) is 4.38. The average molecular weight is 382 g/mol. The fourth-order valence-electron chi connectivity index (χ4n) is 2.82. The number of aliphatic carboxylic acids is 1. The SMILES string of the molecule is CCCCCCCn1c(SC(CC)C(=O)O)nc2c1c(=O)[nH]c(=O)n2C. The summed E-state index contributed by atoms with van der Waals surface area (Å²) in [4.78, 5) is 42.3. The van der Waals surface area contributed by atoms with Crippen LogP contribution < -0.4 is 11.2 Å². The minimum atomic E-state index is -0.915. The normalized spacial score (nSPS) is 12.6. The Morgan fingerprint density at radius 1 is 1.23 bits per heavy atom. The first-order chi connectivity index (χ1) is 12.4. The van der Waals surface area contributed by atoms with Crippen molar-refractivity contribution in [1.82, 2.24) is 19.1 Å². The molecule has 2 aromatic rings. The van der Waals surface area contributed by atoms with Gasteiger partial charge in [-0.25, -0.2) is 9.78 Å². The first kappa shape index (κ1) is 20.3. The molecular weight excluding hydrogens is 356 g/mol. The second kappa shape index (κ2) is 9.07. The van der Waals surface area contributed by atoms with Crippen LogP contribution in [-0.4, -0.2) is 35.4 Å². The molecule has 0 aliphatic rings. The summed E-state index contributed by atoms with van der Waals surface area (Å²) in [5, 5.41) is 9.16. The van der Waals surface area contributed by atoms with Crippen LogP contribution in [0.15, 0.2) is 14.7 Å². The molecule has 26 heavy (non-hydrogen) atoms. The van der Waals surface area contributed by atoms with Crippen molar-refractivity contribution in [3.63, 3.8) is 0 Å². The van der Waals surface area contributed by atoms with Gasteiger partial charge in [-0.1, -0.05) is 51.3 Å². The van der Waals surface area contributed by atoms with Gasteiger partial charge < -0.3 is 9.67 Å². The van der Waals surface area contributed by atoms with Gasteiger partial charge in [-0.3, -0.25) is 19.1 Å². The Hall–Kier alpha value is -2.03. The van der Waals surface area contributed by atoms with E-state index in [0.29, 0.717) is 23.6 Å². The number of hydrogen-bond acceptors (Lipinski definition) is 5. The highest BCUT2D eigenvalue weighted by Gasteiger charge is 2.23. The number of carbonyl (C=O) groups is 1. The predicted molar refractivity (Wildman–Crippen MR) is 102 cm³/mol. The number of aryl methyl sites for hydroxylation is 2. The standard InChI is InChI=1S/C17H26N4O4S/c1-4-6-7-8-9-10-21-12-13(20(3)16(25)19-14(12)22)18-17(21)26-11(5-2)15(23)24/h11H,4-10H2,1-3H3,(H,23,24)(H,19,22,25). The number of nitrogens with one attached hydrogen (secondary N) is 1. The van der Waals surface area contributed by atoms with E-state index in [1.54, 1.807) is 18.5 Å². The Kier molecular flexibility index (Phi) is 7.07. The number of unbranched alkanes of at least 4 members (excludes halogenated alkanes) is 4. The maximum Gasteiger partial charge on any atom is 0.329 e. The van der Waals surface area contributed by atoms with Gasteiger partial charge in [-0.2, -0.15) is 0 Å². The fourth-order valence-corrected chi connectivity index (χ4v) is 3.79. The van der Waals surface area contributed by atoms with E-state index in [1.807, 2.05) is 0 Å². The zero-order chi connectivity index (χ0) is 19.3. The number of carboxylic acids is 1. The lowest BCUT2D eigenvalue weighted by Crippen LogP contribution is -2.29. The highest BCUT2D eigenvalue weighted by molar-refractivity contribution is 8.00. The number of H-pyrrole nitrogens is 1. The van der Waals surface area contributed by atoms with Gasteiger partial charge in [-0.05, 0) is 12.8 Å². The van der Waals surface area contributed by atoms with Crippen molar-refractivity contribution >= 4 is 28.9 Å². The van der Waals surface area contributed by atoms with E-state index in [1.165, 1.54) is 4.57 Å². The third-order valence-corrected chi connectivity index (χ3v) is 5.69. The number of carboxylic acid groups (broad SMARTS) is 1. The zero-order valence-electron chi connectivity index (χ0n) is 15.4. The van der Waals surface area contributed by atoms with Crippen molar-refractivity contribution in [2.24, 2.45) is 7.05 Å². The summed E-state index contributed by atoms with van der Waals surface area (Å²) in [7, 11) is 1.54. The maximum absolute atomic E-state index is 12.4. The predicted octanol–water partition coefficient (Wildman–Crippen LogP) is 2.35. The van der Waals surface area contributed by atoms with Crippen LogP contribution in [0.2, 0.25) is 0 Å². The number of imidazole rings is 1.